The number of carbonyl (C=O) groups is 2. The average molecular weight is 400 g/mol. The molecule has 0 bridgehead atoms. The average Bonchev–Trinajstić information content (AvgIpc) is 2.59. The summed E-state index contributed by atoms with van der Waals surface area (Å²) in [6, 6.07) is 8.99. The highest BCUT2D eigenvalue weighted by Crippen LogP contribution is 2.11. The predicted octanol–water partition coefficient (Wildman–Crippen LogP) is 1.61. The van der Waals surface area contributed by atoms with Crippen molar-refractivity contribution in [1.29, 1.82) is 0 Å². The van der Waals surface area contributed by atoms with E-state index in [1.54, 1.807) is 12.1 Å². The van der Waals surface area contributed by atoms with Crippen LogP contribution >= 0.6 is 11.6 Å². The van der Waals surface area contributed by atoms with Gasteiger partial charge in [-0.15, -0.1) is 0 Å². The highest BCUT2D eigenvalue weighted by atomic mass is 35.5. The largest absolute Gasteiger partial charge is 0.271 e. The fourth-order valence-electron chi connectivity index (χ4n) is 1.90. The van der Waals surface area contributed by atoms with E-state index >= 15 is 0 Å². The van der Waals surface area contributed by atoms with E-state index in [1.807, 2.05) is 0 Å². The lowest BCUT2D eigenvalue weighted by Crippen LogP contribution is -2.51. The van der Waals surface area contributed by atoms with Gasteiger partial charge in [0.1, 0.15) is 5.82 Å². The molecule has 0 aliphatic heterocycles. The number of amides is 2. The number of rotatable bonds is 5. The second-order valence-electron chi connectivity index (χ2n) is 5.25. The normalized spacial score (nSPS) is 12.3. The van der Waals surface area contributed by atoms with Crippen molar-refractivity contribution in [3.05, 3.63) is 64.9 Å². The van der Waals surface area contributed by atoms with Crippen LogP contribution in [-0.2, 0) is 14.8 Å². The van der Waals surface area contributed by atoms with Gasteiger partial charge in [0.2, 0.25) is 10.0 Å². The van der Waals surface area contributed by atoms with Crippen LogP contribution in [0.25, 0.3) is 0 Å². The first kappa shape index (κ1) is 19.8. The molecular weight excluding hydrogens is 385 g/mol. The van der Waals surface area contributed by atoms with Gasteiger partial charge in [0.25, 0.3) is 11.8 Å². The van der Waals surface area contributed by atoms with E-state index in [0.29, 0.717) is 5.02 Å². The van der Waals surface area contributed by atoms with Crippen molar-refractivity contribution in [2.24, 2.45) is 0 Å². The Morgan fingerprint density at radius 2 is 1.73 bits per heavy atom. The summed E-state index contributed by atoms with van der Waals surface area (Å²) in [5.74, 6) is -1.99. The van der Waals surface area contributed by atoms with E-state index in [0.717, 1.165) is 24.3 Å². The lowest BCUT2D eigenvalue weighted by atomic mass is 10.2. The molecule has 2 aromatic rings. The Morgan fingerprint density at radius 1 is 1.08 bits per heavy atom. The molecule has 2 aromatic carbocycles. The minimum Gasteiger partial charge on any atom is -0.271 e. The first-order valence-electron chi connectivity index (χ1n) is 7.33. The van der Waals surface area contributed by atoms with Crippen molar-refractivity contribution >= 4 is 33.4 Å². The van der Waals surface area contributed by atoms with Crippen molar-refractivity contribution in [2.75, 3.05) is 0 Å². The molecule has 0 aliphatic carbocycles. The number of hydrogen-bond donors (Lipinski definition) is 3. The van der Waals surface area contributed by atoms with E-state index in [4.69, 9.17) is 11.6 Å². The van der Waals surface area contributed by atoms with Gasteiger partial charge < -0.3 is 0 Å². The number of benzene rings is 2. The van der Waals surface area contributed by atoms with Gasteiger partial charge in [-0.2, -0.15) is 4.72 Å². The number of nitrogens with one attached hydrogen (secondary N) is 3. The maximum Gasteiger partial charge on any atom is 0.269 e. The molecule has 0 heterocycles. The van der Waals surface area contributed by atoms with Crippen molar-refractivity contribution in [2.45, 2.75) is 17.9 Å². The highest BCUT2D eigenvalue weighted by molar-refractivity contribution is 7.89. The van der Waals surface area contributed by atoms with E-state index in [1.165, 1.54) is 19.1 Å². The molecule has 0 aromatic heterocycles. The van der Waals surface area contributed by atoms with Gasteiger partial charge in [0, 0.05) is 10.6 Å². The molecule has 0 radical (unpaired) electrons. The molecule has 2 rings (SSSR count). The second-order valence-corrected chi connectivity index (χ2v) is 7.40. The third-order valence-corrected chi connectivity index (χ3v) is 5.03. The molecule has 0 saturated heterocycles. The van der Waals surface area contributed by atoms with Gasteiger partial charge in [-0.1, -0.05) is 17.7 Å². The van der Waals surface area contributed by atoms with E-state index < -0.39 is 33.7 Å². The summed E-state index contributed by atoms with van der Waals surface area (Å²) in [6.07, 6.45) is 0. The number of hydrazine groups is 1. The van der Waals surface area contributed by atoms with Gasteiger partial charge in [-0.3, -0.25) is 20.4 Å². The second kappa shape index (κ2) is 8.26. The van der Waals surface area contributed by atoms with Gasteiger partial charge in [0.15, 0.2) is 0 Å². The zero-order valence-corrected chi connectivity index (χ0v) is 15.1. The molecule has 3 N–H and O–H groups in total. The van der Waals surface area contributed by atoms with Crippen LogP contribution in [0.5, 0.6) is 0 Å². The molecule has 138 valence electrons. The van der Waals surface area contributed by atoms with Crippen molar-refractivity contribution in [3.8, 4) is 0 Å². The standard InChI is InChI=1S/C16H15ClFN3O4S/c1-10(21-26(24,25)14-7-5-13(18)6-8-14)15(22)19-20-16(23)11-3-2-4-12(17)9-11/h2-10,21H,1H3,(H,19,22)(H,20,23)/t10-/m0/s1. The van der Waals surface area contributed by atoms with Crippen LogP contribution in [-0.4, -0.2) is 26.3 Å². The molecule has 0 aliphatic rings. The number of halogens is 2. The third kappa shape index (κ3) is 5.25. The minimum atomic E-state index is -4.03. The Morgan fingerprint density at radius 3 is 2.35 bits per heavy atom. The lowest BCUT2D eigenvalue weighted by Gasteiger charge is -2.15. The summed E-state index contributed by atoms with van der Waals surface area (Å²) in [7, 11) is -4.03. The molecule has 0 unspecified atom stereocenters. The van der Waals surface area contributed by atoms with Crippen LogP contribution in [0.2, 0.25) is 5.02 Å². The smallest absolute Gasteiger partial charge is 0.269 e. The monoisotopic (exact) mass is 399 g/mol. The lowest BCUT2D eigenvalue weighted by molar-refractivity contribution is -0.123. The maximum absolute atomic E-state index is 12.9. The summed E-state index contributed by atoms with van der Waals surface area (Å²) in [5, 5.41) is 0.351. The molecule has 0 saturated carbocycles. The van der Waals surface area contributed by atoms with E-state index in [-0.39, 0.29) is 10.5 Å². The summed E-state index contributed by atoms with van der Waals surface area (Å²) >= 11 is 5.78. The Kier molecular flexibility index (Phi) is 6.30. The highest BCUT2D eigenvalue weighted by Gasteiger charge is 2.22. The molecule has 7 nitrogen and oxygen atoms in total. The molecule has 1 atom stereocenters. The predicted molar refractivity (Wildman–Crippen MR) is 93.2 cm³/mol. The summed E-state index contributed by atoms with van der Waals surface area (Å²) in [5.41, 5.74) is 4.49. The Balaban J connectivity index is 1.95. The summed E-state index contributed by atoms with van der Waals surface area (Å²) in [6.45, 7) is 1.29. The zero-order chi connectivity index (χ0) is 19.3. The fraction of sp³-hybridized carbons (Fsp3) is 0.125. The fourth-order valence-corrected chi connectivity index (χ4v) is 3.29. The molecule has 2 amide bonds. The SMILES string of the molecule is C[C@H](NS(=O)(=O)c1ccc(F)cc1)C(=O)NNC(=O)c1cccc(Cl)c1. The van der Waals surface area contributed by atoms with Crippen LogP contribution in [0.4, 0.5) is 4.39 Å². The first-order valence-corrected chi connectivity index (χ1v) is 9.19. The quantitative estimate of drug-likeness (QED) is 0.664. The van der Waals surface area contributed by atoms with E-state index in [2.05, 4.69) is 15.6 Å². The third-order valence-electron chi connectivity index (χ3n) is 3.24. The van der Waals surface area contributed by atoms with Crippen LogP contribution in [0, 0.1) is 5.82 Å². The van der Waals surface area contributed by atoms with Crippen LogP contribution < -0.4 is 15.6 Å². The summed E-state index contributed by atoms with van der Waals surface area (Å²) in [4.78, 5) is 23.7. The summed E-state index contributed by atoms with van der Waals surface area (Å²) < 4.78 is 39.3. The van der Waals surface area contributed by atoms with Gasteiger partial charge >= 0.3 is 0 Å². The Hall–Kier alpha value is -2.49. The number of carbonyl (C=O) groups excluding carboxylic acids is 2. The first-order chi connectivity index (χ1) is 12.2. The zero-order valence-electron chi connectivity index (χ0n) is 13.5. The van der Waals surface area contributed by atoms with Crippen molar-refractivity contribution in [1.82, 2.24) is 15.6 Å². The minimum absolute atomic E-state index is 0.193. The molecule has 0 fully saturated rings. The van der Waals surface area contributed by atoms with Gasteiger partial charge in [-0.25, -0.2) is 12.8 Å². The molecular formula is C16H15ClFN3O4S. The molecule has 10 heteroatoms. The van der Waals surface area contributed by atoms with Crippen LogP contribution in [0.15, 0.2) is 53.4 Å². The van der Waals surface area contributed by atoms with Gasteiger partial charge in [0.05, 0.1) is 10.9 Å². The van der Waals surface area contributed by atoms with Crippen molar-refractivity contribution in [3.63, 3.8) is 0 Å². The van der Waals surface area contributed by atoms with Crippen molar-refractivity contribution < 1.29 is 22.4 Å². The number of hydrogen-bond acceptors (Lipinski definition) is 4. The topological polar surface area (TPSA) is 104 Å². The van der Waals surface area contributed by atoms with Crippen LogP contribution in [0.1, 0.15) is 17.3 Å². The Bertz CT molecular complexity index is 919. The van der Waals surface area contributed by atoms with Gasteiger partial charge in [-0.05, 0) is 49.4 Å². The maximum atomic E-state index is 12.9. The van der Waals surface area contributed by atoms with Crippen LogP contribution in [0.3, 0.4) is 0 Å². The number of sulfonamides is 1. The van der Waals surface area contributed by atoms with E-state index in [9.17, 15) is 22.4 Å². The Labute approximate surface area is 154 Å². The molecule has 26 heavy (non-hydrogen) atoms. The molecule has 0 spiro atoms.